The number of halogens is 3. The van der Waals surface area contributed by atoms with Gasteiger partial charge in [0.1, 0.15) is 12.3 Å². The molecule has 1 saturated heterocycles. The minimum atomic E-state index is -4.55. The van der Waals surface area contributed by atoms with E-state index in [2.05, 4.69) is 10.3 Å². The summed E-state index contributed by atoms with van der Waals surface area (Å²) >= 11 is 0. The highest BCUT2D eigenvalue weighted by Crippen LogP contribution is 2.33. The smallest absolute Gasteiger partial charge is 0.416 e. The molecule has 3 rings (SSSR count). The van der Waals surface area contributed by atoms with E-state index in [0.29, 0.717) is 18.4 Å². The van der Waals surface area contributed by atoms with Crippen molar-refractivity contribution in [2.24, 2.45) is 0 Å². The summed E-state index contributed by atoms with van der Waals surface area (Å²) in [6.07, 6.45) is -2.92. The fourth-order valence-electron chi connectivity index (χ4n) is 3.28. The number of benzene rings is 1. The van der Waals surface area contributed by atoms with Crippen LogP contribution in [0.4, 0.5) is 24.9 Å². The molecule has 2 amide bonds. The molecule has 1 aromatic heterocycles. The Morgan fingerprint density at radius 2 is 1.97 bits per heavy atom. The van der Waals surface area contributed by atoms with Gasteiger partial charge in [-0.25, -0.2) is 4.72 Å². The molecule has 0 spiro atoms. The molecule has 2 N–H and O–H groups in total. The third-order valence-corrected chi connectivity index (χ3v) is 6.50. The van der Waals surface area contributed by atoms with E-state index in [4.69, 9.17) is 4.42 Å². The third-order valence-electron chi connectivity index (χ3n) is 5.00. The van der Waals surface area contributed by atoms with Gasteiger partial charge in [-0.05, 0) is 37.5 Å². The third kappa shape index (κ3) is 5.45. The first-order chi connectivity index (χ1) is 15.3. The maximum absolute atomic E-state index is 13.0. The predicted octanol–water partition coefficient (Wildman–Crippen LogP) is 2.27. The monoisotopic (exact) mass is 489 g/mol. The molecule has 1 fully saturated rings. The second-order valence-electron chi connectivity index (χ2n) is 7.63. The number of anilines is 2. The highest BCUT2D eigenvalue weighted by molar-refractivity contribution is 7.87. The van der Waals surface area contributed by atoms with Crippen LogP contribution in [-0.2, 0) is 21.2 Å². The lowest BCUT2D eigenvalue weighted by molar-refractivity contribution is -0.137. The molecule has 2 heterocycles. The second-order valence-corrected chi connectivity index (χ2v) is 9.25. The fraction of sp³-hybridized carbons (Fsp3) is 0.421. The molecule has 0 bridgehead atoms. The lowest BCUT2D eigenvalue weighted by Gasteiger charge is -2.25. The van der Waals surface area contributed by atoms with Gasteiger partial charge in [-0.3, -0.25) is 9.59 Å². The molecule has 0 aliphatic carbocycles. The molecule has 1 aliphatic heterocycles. The first-order valence-corrected chi connectivity index (χ1v) is 11.2. The molecular weight excluding hydrogens is 467 g/mol. The summed E-state index contributed by atoms with van der Waals surface area (Å²) in [5.41, 5.74) is -0.798. The lowest BCUT2D eigenvalue weighted by Crippen LogP contribution is -2.50. The van der Waals surface area contributed by atoms with Crippen LogP contribution in [0.5, 0.6) is 0 Å². The van der Waals surface area contributed by atoms with Crippen LogP contribution in [0.15, 0.2) is 28.9 Å². The number of nitrogens with one attached hydrogen (secondary N) is 2. The van der Waals surface area contributed by atoms with Crippen molar-refractivity contribution in [3.8, 4) is 0 Å². The van der Waals surface area contributed by atoms with E-state index >= 15 is 0 Å². The minimum Gasteiger partial charge on any atom is -0.431 e. The summed E-state index contributed by atoms with van der Waals surface area (Å²) in [6.45, 7) is 1.63. The highest BCUT2D eigenvalue weighted by Gasteiger charge is 2.40. The summed E-state index contributed by atoms with van der Waals surface area (Å²) in [7, 11) is -1.35. The van der Waals surface area contributed by atoms with Crippen molar-refractivity contribution >= 4 is 33.7 Å². The summed E-state index contributed by atoms with van der Waals surface area (Å²) < 4.78 is 72.0. The van der Waals surface area contributed by atoms with Gasteiger partial charge in [0.15, 0.2) is 5.69 Å². The first-order valence-electron chi connectivity index (χ1n) is 9.75. The Labute approximate surface area is 187 Å². The van der Waals surface area contributed by atoms with Gasteiger partial charge in [0.25, 0.3) is 11.9 Å². The summed E-state index contributed by atoms with van der Waals surface area (Å²) in [5.74, 6) is -1.52. The molecule has 1 atom stereocenters. The average Bonchev–Trinajstić information content (AvgIpc) is 3.38. The van der Waals surface area contributed by atoms with Crippen LogP contribution >= 0.6 is 0 Å². The lowest BCUT2D eigenvalue weighted by atomic mass is 10.1. The van der Waals surface area contributed by atoms with Gasteiger partial charge in [-0.15, -0.1) is 0 Å². The minimum absolute atomic E-state index is 0.0494. The Balaban J connectivity index is 1.73. The zero-order valence-corrected chi connectivity index (χ0v) is 18.7. The number of carbonyl (C=O) groups excluding carboxylic acids is 2. The van der Waals surface area contributed by atoms with Crippen LogP contribution in [0.25, 0.3) is 0 Å². The van der Waals surface area contributed by atoms with E-state index in [1.54, 1.807) is 6.92 Å². The maximum Gasteiger partial charge on any atom is 0.416 e. The van der Waals surface area contributed by atoms with Gasteiger partial charge in [0.2, 0.25) is 5.91 Å². The van der Waals surface area contributed by atoms with E-state index in [0.717, 1.165) is 22.7 Å². The van der Waals surface area contributed by atoms with Crippen molar-refractivity contribution in [3.05, 3.63) is 41.3 Å². The van der Waals surface area contributed by atoms with Crippen molar-refractivity contribution < 1.29 is 35.6 Å². The number of carbonyl (C=O) groups is 2. The van der Waals surface area contributed by atoms with Gasteiger partial charge in [-0.1, -0.05) is 6.07 Å². The van der Waals surface area contributed by atoms with Gasteiger partial charge < -0.3 is 14.6 Å². The Kier molecular flexibility index (Phi) is 6.70. The van der Waals surface area contributed by atoms with Gasteiger partial charge in [-0.2, -0.15) is 30.9 Å². The number of amides is 2. The number of aromatic nitrogens is 1. The molecule has 1 aliphatic rings. The molecule has 10 nitrogen and oxygen atoms in total. The molecule has 180 valence electrons. The number of likely N-dealkylation sites (N-methyl/N-ethyl adjacent to an activating group) is 1. The van der Waals surface area contributed by atoms with Gasteiger partial charge in [0, 0.05) is 26.3 Å². The molecular formula is C19H22F3N5O5S. The molecule has 1 aromatic carbocycles. The summed E-state index contributed by atoms with van der Waals surface area (Å²) in [5, 5.41) is 2.54. The molecule has 0 saturated carbocycles. The van der Waals surface area contributed by atoms with Crippen molar-refractivity contribution in [1.29, 1.82) is 0 Å². The number of nitrogens with zero attached hydrogens (tertiary/aromatic N) is 3. The Morgan fingerprint density at radius 1 is 1.27 bits per heavy atom. The largest absolute Gasteiger partial charge is 0.431 e. The number of oxazole rings is 1. The van der Waals surface area contributed by atoms with Crippen molar-refractivity contribution in [2.45, 2.75) is 32.0 Å². The van der Waals surface area contributed by atoms with Gasteiger partial charge in [0.05, 0.1) is 5.56 Å². The first kappa shape index (κ1) is 24.5. The molecule has 0 unspecified atom stereocenters. The maximum atomic E-state index is 13.0. The van der Waals surface area contributed by atoms with Crippen LogP contribution in [0, 0.1) is 6.92 Å². The number of hydrogen-bond donors (Lipinski definition) is 2. The number of hydrogen-bond acceptors (Lipinski definition) is 7. The second kappa shape index (κ2) is 9.02. The van der Waals surface area contributed by atoms with Crippen LogP contribution in [0.3, 0.4) is 0 Å². The van der Waals surface area contributed by atoms with Gasteiger partial charge >= 0.3 is 16.4 Å². The van der Waals surface area contributed by atoms with Crippen molar-refractivity contribution in [3.63, 3.8) is 0 Å². The van der Waals surface area contributed by atoms with E-state index in [1.807, 2.05) is 4.72 Å². The van der Waals surface area contributed by atoms with Crippen LogP contribution in [-0.4, -0.2) is 61.1 Å². The highest BCUT2D eigenvalue weighted by atomic mass is 32.2. The normalized spacial score (nSPS) is 17.1. The molecule has 0 radical (unpaired) electrons. The Bertz CT molecular complexity index is 1160. The zero-order chi connectivity index (χ0) is 24.6. The number of rotatable bonds is 6. The number of alkyl halides is 3. The topological polar surface area (TPSA) is 125 Å². The quantitative estimate of drug-likeness (QED) is 0.638. The Morgan fingerprint density at radius 3 is 2.61 bits per heavy atom. The summed E-state index contributed by atoms with van der Waals surface area (Å²) in [4.78, 5) is 29.8. The van der Waals surface area contributed by atoms with Crippen LogP contribution < -0.4 is 10.0 Å². The zero-order valence-electron chi connectivity index (χ0n) is 17.9. The average molecular weight is 489 g/mol. The standard InChI is InChI=1S/C19H22F3N5O5S/c1-11-6-7-12(19(20,21)22)9-13(11)23-18-24-14(10-32-18)16(28)25-33(30,31)27-8-4-5-15(27)17(29)26(2)3/h6-7,9-10,15H,4-5,8H2,1-3H3,(H,23,24)(H,25,28)/t15-/m0/s1. The van der Waals surface area contributed by atoms with Crippen LogP contribution in [0.2, 0.25) is 0 Å². The molecule has 33 heavy (non-hydrogen) atoms. The number of aryl methyl sites for hydroxylation is 1. The molecule has 2 aromatic rings. The van der Waals surface area contributed by atoms with E-state index in [-0.39, 0.29) is 18.2 Å². The summed E-state index contributed by atoms with van der Waals surface area (Å²) in [6, 6.07) is 1.81. The van der Waals surface area contributed by atoms with Crippen molar-refractivity contribution in [1.82, 2.24) is 18.9 Å². The Hall–Kier alpha value is -3.13. The van der Waals surface area contributed by atoms with Crippen LogP contribution in [0.1, 0.15) is 34.5 Å². The predicted molar refractivity (Wildman–Crippen MR) is 111 cm³/mol. The molecule has 14 heteroatoms. The SMILES string of the molecule is Cc1ccc(C(F)(F)F)cc1Nc1nc(C(=O)NS(=O)(=O)N2CCC[C@H]2C(=O)N(C)C)co1. The van der Waals surface area contributed by atoms with E-state index in [1.165, 1.54) is 25.1 Å². The van der Waals surface area contributed by atoms with Crippen molar-refractivity contribution in [2.75, 3.05) is 26.0 Å². The van der Waals surface area contributed by atoms with E-state index < -0.39 is 45.5 Å². The van der Waals surface area contributed by atoms with E-state index in [9.17, 15) is 31.2 Å². The fourth-order valence-corrected chi connectivity index (χ4v) is 4.64.